The molecule has 3 N–H and O–H groups in total. The second kappa shape index (κ2) is 5.90. The van der Waals surface area contributed by atoms with Gasteiger partial charge in [0.1, 0.15) is 0 Å². The lowest BCUT2D eigenvalue weighted by Gasteiger charge is -2.23. The molecule has 0 saturated heterocycles. The van der Waals surface area contributed by atoms with E-state index in [0.29, 0.717) is 0 Å². The Balaban J connectivity index is 2.65. The van der Waals surface area contributed by atoms with Crippen LogP contribution in [0.4, 0.5) is 5.69 Å². The Hall–Kier alpha value is -1.02. The Bertz CT molecular complexity index is 313. The van der Waals surface area contributed by atoms with Gasteiger partial charge in [-0.05, 0) is 36.4 Å². The van der Waals surface area contributed by atoms with Gasteiger partial charge in [-0.25, -0.2) is 0 Å². The van der Waals surface area contributed by atoms with Crippen molar-refractivity contribution in [1.82, 2.24) is 0 Å². The molecule has 1 rings (SSSR count). The number of anilines is 1. The molecule has 0 atom stereocenters. The normalized spacial score (nSPS) is 11.5. The molecule has 0 aliphatic heterocycles. The van der Waals surface area contributed by atoms with E-state index >= 15 is 0 Å². The van der Waals surface area contributed by atoms with Crippen LogP contribution in [0.25, 0.3) is 0 Å². The number of nitrogens with one attached hydrogen (secondary N) is 1. The van der Waals surface area contributed by atoms with Gasteiger partial charge in [-0.15, -0.1) is 0 Å². The highest BCUT2D eigenvalue weighted by Crippen LogP contribution is 2.29. The van der Waals surface area contributed by atoms with Crippen molar-refractivity contribution < 1.29 is 0 Å². The lowest BCUT2D eigenvalue weighted by Crippen LogP contribution is -2.15. The molecule has 0 unspecified atom stereocenters. The average Bonchev–Trinajstić information content (AvgIpc) is 2.24. The van der Waals surface area contributed by atoms with E-state index in [1.54, 1.807) is 0 Å². The standard InChI is InChI=1S/C14H24N2/c1-14(2,3)12-8-4-5-9-13(12)16-11-7-6-10-15/h4-5,8-9,16H,6-7,10-11,15H2,1-3H3. The van der Waals surface area contributed by atoms with E-state index in [1.165, 1.54) is 11.3 Å². The maximum Gasteiger partial charge on any atom is 0.0378 e. The van der Waals surface area contributed by atoms with Crippen molar-refractivity contribution >= 4 is 5.69 Å². The molecular formula is C14H24N2. The van der Waals surface area contributed by atoms with Crippen molar-refractivity contribution in [3.63, 3.8) is 0 Å². The fourth-order valence-corrected chi connectivity index (χ4v) is 1.78. The molecule has 0 aliphatic carbocycles. The molecule has 0 bridgehead atoms. The fraction of sp³-hybridized carbons (Fsp3) is 0.571. The van der Waals surface area contributed by atoms with Crippen molar-refractivity contribution in [2.45, 2.75) is 39.0 Å². The van der Waals surface area contributed by atoms with Gasteiger partial charge >= 0.3 is 0 Å². The van der Waals surface area contributed by atoms with Crippen LogP contribution in [-0.4, -0.2) is 13.1 Å². The molecule has 0 amide bonds. The summed E-state index contributed by atoms with van der Waals surface area (Å²) >= 11 is 0. The Labute approximate surface area is 99.2 Å². The molecule has 1 aromatic rings. The summed E-state index contributed by atoms with van der Waals surface area (Å²) in [5.41, 5.74) is 8.31. The summed E-state index contributed by atoms with van der Waals surface area (Å²) in [6.07, 6.45) is 2.22. The SMILES string of the molecule is CC(C)(C)c1ccccc1NCCCCN. The topological polar surface area (TPSA) is 38.0 Å². The summed E-state index contributed by atoms with van der Waals surface area (Å²) in [6, 6.07) is 8.54. The molecule has 90 valence electrons. The highest BCUT2D eigenvalue weighted by atomic mass is 14.9. The van der Waals surface area contributed by atoms with Crippen LogP contribution in [-0.2, 0) is 5.41 Å². The summed E-state index contributed by atoms with van der Waals surface area (Å²) in [4.78, 5) is 0. The number of para-hydroxylation sites is 1. The average molecular weight is 220 g/mol. The molecule has 2 heteroatoms. The lowest BCUT2D eigenvalue weighted by atomic mass is 9.86. The zero-order valence-electron chi connectivity index (χ0n) is 10.7. The lowest BCUT2D eigenvalue weighted by molar-refractivity contribution is 0.591. The number of rotatable bonds is 5. The molecule has 0 saturated carbocycles. The van der Waals surface area contributed by atoms with Gasteiger partial charge in [-0.1, -0.05) is 39.0 Å². The largest absolute Gasteiger partial charge is 0.385 e. The maximum atomic E-state index is 5.48. The van der Waals surface area contributed by atoms with E-state index in [4.69, 9.17) is 5.73 Å². The van der Waals surface area contributed by atoms with Gasteiger partial charge in [0.05, 0.1) is 0 Å². The first-order valence-electron chi connectivity index (χ1n) is 6.09. The zero-order chi connectivity index (χ0) is 12.0. The van der Waals surface area contributed by atoms with Gasteiger partial charge in [-0.3, -0.25) is 0 Å². The van der Waals surface area contributed by atoms with Crippen LogP contribution in [0.3, 0.4) is 0 Å². The Kier molecular flexibility index (Phi) is 4.81. The predicted molar refractivity (Wildman–Crippen MR) is 71.9 cm³/mol. The fourth-order valence-electron chi connectivity index (χ4n) is 1.78. The first-order chi connectivity index (χ1) is 7.55. The molecule has 1 aromatic carbocycles. The number of unbranched alkanes of at least 4 members (excludes halogenated alkanes) is 1. The minimum atomic E-state index is 0.192. The molecule has 0 aliphatic rings. The minimum Gasteiger partial charge on any atom is -0.385 e. The Morgan fingerprint density at radius 1 is 1.12 bits per heavy atom. The van der Waals surface area contributed by atoms with Gasteiger partial charge < -0.3 is 11.1 Å². The Morgan fingerprint density at radius 3 is 2.44 bits per heavy atom. The molecule has 0 heterocycles. The second-order valence-electron chi connectivity index (χ2n) is 5.22. The van der Waals surface area contributed by atoms with Gasteiger partial charge in [-0.2, -0.15) is 0 Å². The molecular weight excluding hydrogens is 196 g/mol. The van der Waals surface area contributed by atoms with Crippen molar-refractivity contribution in [3.8, 4) is 0 Å². The summed E-state index contributed by atoms with van der Waals surface area (Å²) < 4.78 is 0. The van der Waals surface area contributed by atoms with Gasteiger partial charge in [0.25, 0.3) is 0 Å². The minimum absolute atomic E-state index is 0.192. The smallest absolute Gasteiger partial charge is 0.0378 e. The quantitative estimate of drug-likeness (QED) is 0.748. The van der Waals surface area contributed by atoms with E-state index < -0.39 is 0 Å². The zero-order valence-corrected chi connectivity index (χ0v) is 10.7. The van der Waals surface area contributed by atoms with Gasteiger partial charge in [0.2, 0.25) is 0 Å². The van der Waals surface area contributed by atoms with Crippen LogP contribution in [0.1, 0.15) is 39.2 Å². The van der Waals surface area contributed by atoms with Crippen molar-refractivity contribution in [3.05, 3.63) is 29.8 Å². The molecule has 0 spiro atoms. The first kappa shape index (κ1) is 13.0. The van der Waals surface area contributed by atoms with Crippen LogP contribution in [0.5, 0.6) is 0 Å². The monoisotopic (exact) mass is 220 g/mol. The number of benzene rings is 1. The van der Waals surface area contributed by atoms with Crippen LogP contribution < -0.4 is 11.1 Å². The highest BCUT2D eigenvalue weighted by Gasteiger charge is 2.16. The molecule has 0 radical (unpaired) electrons. The molecule has 2 nitrogen and oxygen atoms in total. The predicted octanol–water partition coefficient (Wildman–Crippen LogP) is 3.13. The van der Waals surface area contributed by atoms with Crippen LogP contribution >= 0.6 is 0 Å². The molecule has 16 heavy (non-hydrogen) atoms. The van der Waals surface area contributed by atoms with E-state index in [1.807, 2.05) is 0 Å². The van der Waals surface area contributed by atoms with E-state index in [-0.39, 0.29) is 5.41 Å². The number of nitrogens with two attached hydrogens (primary N) is 1. The van der Waals surface area contributed by atoms with Crippen molar-refractivity contribution in [2.75, 3.05) is 18.4 Å². The molecule has 0 fully saturated rings. The van der Waals surface area contributed by atoms with E-state index in [9.17, 15) is 0 Å². The molecule has 0 aromatic heterocycles. The van der Waals surface area contributed by atoms with E-state index in [2.05, 4.69) is 50.4 Å². The summed E-state index contributed by atoms with van der Waals surface area (Å²) in [5.74, 6) is 0. The number of hydrogen-bond donors (Lipinski definition) is 2. The van der Waals surface area contributed by atoms with Gasteiger partial charge in [0.15, 0.2) is 0 Å². The van der Waals surface area contributed by atoms with Crippen LogP contribution in [0, 0.1) is 0 Å². The maximum absolute atomic E-state index is 5.48. The van der Waals surface area contributed by atoms with Crippen LogP contribution in [0.2, 0.25) is 0 Å². The van der Waals surface area contributed by atoms with Gasteiger partial charge in [0, 0.05) is 12.2 Å². The third-order valence-corrected chi connectivity index (χ3v) is 2.68. The summed E-state index contributed by atoms with van der Waals surface area (Å²) in [7, 11) is 0. The number of hydrogen-bond acceptors (Lipinski definition) is 2. The van der Waals surface area contributed by atoms with E-state index in [0.717, 1.165) is 25.9 Å². The van der Waals surface area contributed by atoms with Crippen molar-refractivity contribution in [1.29, 1.82) is 0 Å². The third-order valence-electron chi connectivity index (χ3n) is 2.68. The third kappa shape index (κ3) is 3.86. The van der Waals surface area contributed by atoms with Crippen molar-refractivity contribution in [2.24, 2.45) is 5.73 Å². The summed E-state index contributed by atoms with van der Waals surface area (Å²) in [6.45, 7) is 8.51. The Morgan fingerprint density at radius 2 is 1.81 bits per heavy atom. The highest BCUT2D eigenvalue weighted by molar-refractivity contribution is 5.54. The first-order valence-corrected chi connectivity index (χ1v) is 6.09. The van der Waals surface area contributed by atoms with Crippen LogP contribution in [0.15, 0.2) is 24.3 Å². The summed E-state index contributed by atoms with van der Waals surface area (Å²) in [5, 5.41) is 3.50. The second-order valence-corrected chi connectivity index (χ2v) is 5.22.